The van der Waals surface area contributed by atoms with Gasteiger partial charge >= 0.3 is 0 Å². The Morgan fingerprint density at radius 2 is 2.12 bits per heavy atom. The zero-order valence-electron chi connectivity index (χ0n) is 10.7. The Labute approximate surface area is 114 Å². The minimum absolute atomic E-state index is 0.0793. The molecule has 1 unspecified atom stereocenters. The molecule has 5 heteroatoms. The van der Waals surface area contributed by atoms with Crippen molar-refractivity contribution in [3.05, 3.63) is 28.5 Å². The Bertz CT molecular complexity index is 386. The summed E-state index contributed by atoms with van der Waals surface area (Å²) in [7, 11) is -1.06. The minimum Gasteiger partial charge on any atom is -0.249 e. The first kappa shape index (κ1) is 14.8. The van der Waals surface area contributed by atoms with E-state index in [9.17, 15) is 4.21 Å². The lowest BCUT2D eigenvalue weighted by atomic mass is 10.1. The van der Waals surface area contributed by atoms with Gasteiger partial charge in [-0.1, -0.05) is 13.0 Å². The number of nitrogens with one attached hydrogen (secondary N) is 1. The number of pyridine rings is 1. The molecule has 0 saturated heterocycles. The van der Waals surface area contributed by atoms with Crippen LogP contribution in [-0.2, 0) is 11.0 Å². The molecule has 0 bridgehead atoms. The lowest BCUT2D eigenvalue weighted by Gasteiger charge is -2.23. The van der Waals surface area contributed by atoms with Crippen LogP contribution in [0.15, 0.2) is 22.9 Å². The molecule has 0 fully saturated rings. The van der Waals surface area contributed by atoms with Gasteiger partial charge in [0, 0.05) is 12.2 Å². The van der Waals surface area contributed by atoms with Crippen LogP contribution >= 0.6 is 15.9 Å². The molecule has 2 atom stereocenters. The summed E-state index contributed by atoms with van der Waals surface area (Å²) >= 11 is 3.31. The van der Waals surface area contributed by atoms with Gasteiger partial charge in [0.15, 0.2) is 0 Å². The highest BCUT2D eigenvalue weighted by Gasteiger charge is 2.22. The van der Waals surface area contributed by atoms with Crippen LogP contribution < -0.4 is 4.72 Å². The van der Waals surface area contributed by atoms with Gasteiger partial charge in [-0.25, -0.2) is 13.9 Å². The molecule has 1 N–H and O–H groups in total. The van der Waals surface area contributed by atoms with Crippen molar-refractivity contribution in [2.24, 2.45) is 0 Å². The molecular formula is C12H19BrN2OS. The molecular weight excluding hydrogens is 300 g/mol. The Morgan fingerprint density at radius 1 is 1.47 bits per heavy atom. The standard InChI is InChI=1S/C12H19BrN2OS/c1-5-10(15-17(16)12(2,3)4)9-6-7-11(13)14-8-9/h6-8,10,15H,5H2,1-4H3/t10?,17-/m0/s1. The monoisotopic (exact) mass is 318 g/mol. The van der Waals surface area contributed by atoms with Gasteiger partial charge in [-0.2, -0.15) is 0 Å². The predicted octanol–water partition coefficient (Wildman–Crippen LogP) is 3.35. The van der Waals surface area contributed by atoms with Gasteiger partial charge in [0.1, 0.15) is 4.60 Å². The van der Waals surface area contributed by atoms with Gasteiger partial charge in [-0.15, -0.1) is 0 Å². The molecule has 1 heterocycles. The van der Waals surface area contributed by atoms with E-state index in [2.05, 4.69) is 32.6 Å². The molecule has 0 amide bonds. The Morgan fingerprint density at radius 3 is 2.53 bits per heavy atom. The van der Waals surface area contributed by atoms with E-state index < -0.39 is 11.0 Å². The number of halogens is 1. The van der Waals surface area contributed by atoms with Crippen LogP contribution in [0.25, 0.3) is 0 Å². The molecule has 0 aromatic carbocycles. The topological polar surface area (TPSA) is 42.0 Å². The predicted molar refractivity (Wildman–Crippen MR) is 76.0 cm³/mol. The first-order valence-corrected chi connectivity index (χ1v) is 7.58. The second-order valence-electron chi connectivity index (χ2n) is 4.87. The van der Waals surface area contributed by atoms with E-state index in [0.29, 0.717) is 0 Å². The molecule has 1 rings (SSSR count). The van der Waals surface area contributed by atoms with Crippen LogP contribution in [0.3, 0.4) is 0 Å². The summed E-state index contributed by atoms with van der Waals surface area (Å²) in [5.74, 6) is 0. The lowest BCUT2D eigenvalue weighted by molar-refractivity contribution is 0.588. The summed E-state index contributed by atoms with van der Waals surface area (Å²) < 4.78 is 15.8. The van der Waals surface area contributed by atoms with Crippen LogP contribution in [0.1, 0.15) is 45.7 Å². The molecule has 1 aromatic heterocycles. The highest BCUT2D eigenvalue weighted by Crippen LogP contribution is 2.20. The normalized spacial score (nSPS) is 15.6. The van der Waals surface area contributed by atoms with Crippen molar-refractivity contribution < 1.29 is 4.21 Å². The number of hydrogen-bond acceptors (Lipinski definition) is 2. The summed E-state index contributed by atoms with van der Waals surface area (Å²) in [5.41, 5.74) is 1.06. The zero-order chi connectivity index (χ0) is 13.1. The van der Waals surface area contributed by atoms with E-state index in [4.69, 9.17) is 0 Å². The van der Waals surface area contributed by atoms with E-state index in [0.717, 1.165) is 16.6 Å². The summed E-state index contributed by atoms with van der Waals surface area (Å²) in [4.78, 5) is 4.20. The second kappa shape index (κ2) is 6.07. The number of nitrogens with zero attached hydrogens (tertiary/aromatic N) is 1. The molecule has 0 spiro atoms. The second-order valence-corrected chi connectivity index (χ2v) is 7.68. The van der Waals surface area contributed by atoms with Crippen molar-refractivity contribution in [1.29, 1.82) is 0 Å². The van der Waals surface area contributed by atoms with Crippen molar-refractivity contribution in [3.63, 3.8) is 0 Å². The van der Waals surface area contributed by atoms with Crippen LogP contribution in [0.5, 0.6) is 0 Å². The minimum atomic E-state index is -1.06. The maximum absolute atomic E-state index is 12.0. The summed E-state index contributed by atoms with van der Waals surface area (Å²) in [6.07, 6.45) is 2.69. The van der Waals surface area contributed by atoms with Gasteiger partial charge in [0.05, 0.1) is 15.7 Å². The van der Waals surface area contributed by atoms with Crippen molar-refractivity contribution in [2.45, 2.75) is 44.9 Å². The molecule has 0 radical (unpaired) electrons. The average Bonchev–Trinajstić information content (AvgIpc) is 2.25. The van der Waals surface area contributed by atoms with Crippen LogP contribution in [0.4, 0.5) is 0 Å². The van der Waals surface area contributed by atoms with E-state index in [1.807, 2.05) is 39.1 Å². The van der Waals surface area contributed by atoms with E-state index >= 15 is 0 Å². The largest absolute Gasteiger partial charge is 0.249 e. The molecule has 0 saturated carbocycles. The third-order valence-electron chi connectivity index (χ3n) is 2.37. The van der Waals surface area contributed by atoms with Crippen molar-refractivity contribution in [2.75, 3.05) is 0 Å². The smallest absolute Gasteiger partial charge is 0.106 e. The van der Waals surface area contributed by atoms with Gasteiger partial charge in [0.25, 0.3) is 0 Å². The molecule has 0 aliphatic carbocycles. The quantitative estimate of drug-likeness (QED) is 0.865. The Hall–Kier alpha value is -0.260. The first-order valence-electron chi connectivity index (χ1n) is 5.64. The summed E-state index contributed by atoms with van der Waals surface area (Å²) in [6, 6.07) is 3.98. The molecule has 3 nitrogen and oxygen atoms in total. The average molecular weight is 319 g/mol. The van der Waals surface area contributed by atoms with Crippen molar-refractivity contribution in [1.82, 2.24) is 9.71 Å². The highest BCUT2D eigenvalue weighted by atomic mass is 79.9. The Kier molecular flexibility index (Phi) is 5.28. The van der Waals surface area contributed by atoms with E-state index in [1.54, 1.807) is 0 Å². The molecule has 0 aliphatic rings. The van der Waals surface area contributed by atoms with Gasteiger partial charge in [0.2, 0.25) is 0 Å². The first-order chi connectivity index (χ1) is 7.84. The summed E-state index contributed by atoms with van der Waals surface area (Å²) in [6.45, 7) is 7.95. The number of aromatic nitrogens is 1. The fourth-order valence-corrected chi connectivity index (χ4v) is 2.44. The van der Waals surface area contributed by atoms with Crippen LogP contribution in [0, 0.1) is 0 Å². The SMILES string of the molecule is CCC(N[S@@](=O)C(C)(C)C)c1ccc(Br)nc1. The third kappa shape index (κ3) is 4.48. The number of hydrogen-bond donors (Lipinski definition) is 1. The van der Waals surface area contributed by atoms with Gasteiger partial charge < -0.3 is 0 Å². The Balaban J connectivity index is 2.79. The zero-order valence-corrected chi connectivity index (χ0v) is 13.1. The van der Waals surface area contributed by atoms with Crippen LogP contribution in [-0.4, -0.2) is 13.9 Å². The lowest BCUT2D eigenvalue weighted by Crippen LogP contribution is -2.35. The van der Waals surface area contributed by atoms with E-state index in [-0.39, 0.29) is 10.8 Å². The fourth-order valence-electron chi connectivity index (χ4n) is 1.29. The summed E-state index contributed by atoms with van der Waals surface area (Å²) in [5, 5.41) is 0. The third-order valence-corrected chi connectivity index (χ3v) is 4.45. The maximum Gasteiger partial charge on any atom is 0.106 e. The molecule has 1 aromatic rings. The molecule has 0 aliphatic heterocycles. The van der Waals surface area contributed by atoms with E-state index in [1.165, 1.54) is 0 Å². The fraction of sp³-hybridized carbons (Fsp3) is 0.583. The van der Waals surface area contributed by atoms with Gasteiger partial charge in [-0.3, -0.25) is 0 Å². The van der Waals surface area contributed by atoms with Crippen molar-refractivity contribution in [3.8, 4) is 0 Å². The maximum atomic E-state index is 12.0. The molecule has 96 valence electrons. The molecule has 17 heavy (non-hydrogen) atoms. The highest BCUT2D eigenvalue weighted by molar-refractivity contribution is 9.10. The van der Waals surface area contributed by atoms with Gasteiger partial charge in [-0.05, 0) is 54.8 Å². The number of rotatable bonds is 4. The van der Waals surface area contributed by atoms with Crippen molar-refractivity contribution >= 4 is 26.9 Å². The van der Waals surface area contributed by atoms with Crippen LogP contribution in [0.2, 0.25) is 0 Å².